The molecule has 0 saturated carbocycles. The number of aromatic nitrogens is 2. The van der Waals surface area contributed by atoms with E-state index in [-0.39, 0.29) is 0 Å². The van der Waals surface area contributed by atoms with Gasteiger partial charge in [-0.15, -0.1) is 0 Å². The third kappa shape index (κ3) is 4.50. The summed E-state index contributed by atoms with van der Waals surface area (Å²) in [5.41, 5.74) is 0. The molecule has 0 aliphatic rings. The van der Waals surface area contributed by atoms with Gasteiger partial charge < -0.3 is 9.88 Å². The Balaban J connectivity index is 2.52. The van der Waals surface area contributed by atoms with Gasteiger partial charge in [-0.3, -0.25) is 0 Å². The molecule has 0 saturated heterocycles. The lowest BCUT2D eigenvalue weighted by Gasteiger charge is -2.18. The molecule has 1 N–H and O–H groups in total. The minimum Gasteiger partial charge on any atom is -0.334 e. The third-order valence-electron chi connectivity index (χ3n) is 3.20. The topological polar surface area (TPSA) is 29.9 Å². The number of aryl methyl sites for hydroxylation is 1. The predicted molar refractivity (Wildman–Crippen MR) is 73.1 cm³/mol. The highest BCUT2D eigenvalue weighted by molar-refractivity contribution is 4.99. The van der Waals surface area contributed by atoms with Gasteiger partial charge in [0.2, 0.25) is 0 Å². The van der Waals surface area contributed by atoms with Gasteiger partial charge in [-0.25, -0.2) is 4.98 Å². The molecule has 0 radical (unpaired) electrons. The van der Waals surface area contributed by atoms with E-state index in [1.54, 1.807) is 0 Å². The Morgan fingerprint density at radius 1 is 1.24 bits per heavy atom. The van der Waals surface area contributed by atoms with E-state index < -0.39 is 0 Å². The minimum atomic E-state index is 0.423. The minimum absolute atomic E-state index is 0.423. The zero-order chi connectivity index (χ0) is 12.5. The first-order chi connectivity index (χ1) is 8.33. The van der Waals surface area contributed by atoms with Crippen molar-refractivity contribution in [2.75, 3.05) is 6.54 Å². The van der Waals surface area contributed by atoms with Crippen LogP contribution in [0.5, 0.6) is 0 Å². The summed E-state index contributed by atoms with van der Waals surface area (Å²) in [6.07, 6.45) is 10.5. The fourth-order valence-corrected chi connectivity index (χ4v) is 2.24. The summed E-state index contributed by atoms with van der Waals surface area (Å²) in [7, 11) is 0. The first-order valence-electron chi connectivity index (χ1n) is 7.07. The lowest BCUT2D eigenvalue weighted by molar-refractivity contribution is 0.446. The fraction of sp³-hybridized carbons (Fsp3) is 0.786. The van der Waals surface area contributed by atoms with E-state index in [1.165, 1.54) is 37.9 Å². The molecule has 3 nitrogen and oxygen atoms in total. The average Bonchev–Trinajstić information content (AvgIpc) is 2.81. The van der Waals surface area contributed by atoms with Gasteiger partial charge >= 0.3 is 0 Å². The van der Waals surface area contributed by atoms with Crippen LogP contribution < -0.4 is 5.32 Å². The molecule has 0 fully saturated rings. The molecular weight excluding hydrogens is 210 g/mol. The summed E-state index contributed by atoms with van der Waals surface area (Å²) in [5, 5.41) is 3.55. The number of hydrogen-bond donors (Lipinski definition) is 1. The quantitative estimate of drug-likeness (QED) is 0.666. The molecule has 0 aliphatic heterocycles. The van der Waals surface area contributed by atoms with Gasteiger partial charge in [0.1, 0.15) is 5.82 Å². The van der Waals surface area contributed by atoms with E-state index in [2.05, 4.69) is 41.8 Å². The van der Waals surface area contributed by atoms with Crippen molar-refractivity contribution in [2.24, 2.45) is 0 Å². The normalized spacial score (nSPS) is 12.9. The van der Waals surface area contributed by atoms with Crippen LogP contribution in [0, 0.1) is 0 Å². The van der Waals surface area contributed by atoms with Crippen LogP contribution in [-0.2, 0) is 6.54 Å². The lowest BCUT2D eigenvalue weighted by atomic mass is 10.1. The molecule has 1 aromatic rings. The third-order valence-corrected chi connectivity index (χ3v) is 3.20. The molecule has 98 valence electrons. The van der Waals surface area contributed by atoms with E-state index >= 15 is 0 Å². The van der Waals surface area contributed by atoms with Crippen LogP contribution in [0.3, 0.4) is 0 Å². The molecule has 0 amide bonds. The molecule has 1 atom stereocenters. The van der Waals surface area contributed by atoms with Gasteiger partial charge in [0.05, 0.1) is 6.04 Å². The van der Waals surface area contributed by atoms with Crippen LogP contribution in [0.15, 0.2) is 12.4 Å². The average molecular weight is 237 g/mol. The van der Waals surface area contributed by atoms with Crippen molar-refractivity contribution < 1.29 is 0 Å². The second-order valence-corrected chi connectivity index (χ2v) is 4.53. The summed E-state index contributed by atoms with van der Waals surface area (Å²) in [5.74, 6) is 1.20. The monoisotopic (exact) mass is 237 g/mol. The second-order valence-electron chi connectivity index (χ2n) is 4.53. The van der Waals surface area contributed by atoms with Crippen molar-refractivity contribution in [3.05, 3.63) is 18.2 Å². The van der Waals surface area contributed by atoms with Crippen molar-refractivity contribution >= 4 is 0 Å². The second kappa shape index (κ2) is 8.29. The van der Waals surface area contributed by atoms with E-state index in [9.17, 15) is 0 Å². The Morgan fingerprint density at radius 3 is 2.71 bits per heavy atom. The first-order valence-corrected chi connectivity index (χ1v) is 7.07. The van der Waals surface area contributed by atoms with E-state index in [1.807, 2.05) is 6.20 Å². The summed E-state index contributed by atoms with van der Waals surface area (Å²) >= 11 is 0. The molecule has 0 spiro atoms. The zero-order valence-corrected chi connectivity index (χ0v) is 11.6. The molecule has 1 aromatic heterocycles. The van der Waals surface area contributed by atoms with E-state index in [0.29, 0.717) is 6.04 Å². The van der Waals surface area contributed by atoms with Crippen molar-refractivity contribution in [3.63, 3.8) is 0 Å². The first kappa shape index (κ1) is 14.2. The molecule has 0 aliphatic carbocycles. The molecule has 17 heavy (non-hydrogen) atoms. The van der Waals surface area contributed by atoms with Crippen molar-refractivity contribution in [2.45, 2.75) is 65.5 Å². The Bertz CT molecular complexity index is 293. The van der Waals surface area contributed by atoms with Crippen LogP contribution >= 0.6 is 0 Å². The lowest BCUT2D eigenvalue weighted by Crippen LogP contribution is -2.24. The maximum absolute atomic E-state index is 4.51. The van der Waals surface area contributed by atoms with E-state index in [4.69, 9.17) is 0 Å². The molecular formula is C14H27N3. The van der Waals surface area contributed by atoms with Gasteiger partial charge in [-0.1, -0.05) is 39.5 Å². The van der Waals surface area contributed by atoms with Crippen molar-refractivity contribution in [1.82, 2.24) is 14.9 Å². The summed E-state index contributed by atoms with van der Waals surface area (Å²) in [6, 6.07) is 0.423. The van der Waals surface area contributed by atoms with Crippen LogP contribution in [-0.4, -0.2) is 16.1 Å². The molecule has 0 bridgehead atoms. The van der Waals surface area contributed by atoms with Crippen LogP contribution in [0.1, 0.15) is 64.7 Å². The molecule has 1 rings (SSSR count). The maximum Gasteiger partial charge on any atom is 0.125 e. The van der Waals surface area contributed by atoms with Crippen molar-refractivity contribution in [3.8, 4) is 0 Å². The largest absolute Gasteiger partial charge is 0.334 e. The number of nitrogens with one attached hydrogen (secondary N) is 1. The van der Waals surface area contributed by atoms with E-state index in [0.717, 1.165) is 13.1 Å². The number of imidazole rings is 1. The predicted octanol–water partition coefficient (Wildman–Crippen LogP) is 3.52. The fourth-order valence-electron chi connectivity index (χ4n) is 2.24. The Hall–Kier alpha value is -0.830. The highest BCUT2D eigenvalue weighted by atomic mass is 15.1. The van der Waals surface area contributed by atoms with Gasteiger partial charge in [-0.05, 0) is 19.9 Å². The van der Waals surface area contributed by atoms with Crippen molar-refractivity contribution in [1.29, 1.82) is 0 Å². The van der Waals surface area contributed by atoms with Crippen LogP contribution in [0.25, 0.3) is 0 Å². The number of nitrogens with zero attached hydrogens (tertiary/aromatic N) is 2. The summed E-state index contributed by atoms with van der Waals surface area (Å²) in [4.78, 5) is 4.51. The van der Waals surface area contributed by atoms with Crippen LogP contribution in [0.2, 0.25) is 0 Å². The highest BCUT2D eigenvalue weighted by Gasteiger charge is 2.14. The smallest absolute Gasteiger partial charge is 0.125 e. The number of rotatable bonds is 9. The van der Waals surface area contributed by atoms with Crippen LogP contribution in [0.4, 0.5) is 0 Å². The van der Waals surface area contributed by atoms with Gasteiger partial charge in [0.15, 0.2) is 0 Å². The molecule has 0 aromatic carbocycles. The summed E-state index contributed by atoms with van der Waals surface area (Å²) < 4.78 is 2.24. The molecule has 3 heteroatoms. The van der Waals surface area contributed by atoms with Gasteiger partial charge in [-0.2, -0.15) is 0 Å². The van der Waals surface area contributed by atoms with Gasteiger partial charge in [0, 0.05) is 18.9 Å². The Morgan fingerprint density at radius 2 is 2.06 bits per heavy atom. The Kier molecular flexibility index (Phi) is 6.94. The standard InChI is InChI=1S/C14H27N3/c1-4-7-8-9-10-13(15-5-2)14-16-11-12-17(14)6-3/h11-13,15H,4-10H2,1-3H3. The number of hydrogen-bond acceptors (Lipinski definition) is 2. The summed E-state index contributed by atoms with van der Waals surface area (Å²) in [6.45, 7) is 8.61. The maximum atomic E-state index is 4.51. The SMILES string of the molecule is CCCCCCC(NCC)c1nccn1CC. The zero-order valence-electron chi connectivity index (χ0n) is 11.6. The molecule has 1 unspecified atom stereocenters. The highest BCUT2D eigenvalue weighted by Crippen LogP contribution is 2.18. The Labute approximate surface area is 106 Å². The van der Waals surface area contributed by atoms with Gasteiger partial charge in [0.25, 0.3) is 0 Å². The number of unbranched alkanes of at least 4 members (excludes halogenated alkanes) is 3. The molecule has 1 heterocycles.